The molecule has 0 radical (unpaired) electrons. The highest BCUT2D eigenvalue weighted by atomic mass is 16.2. The van der Waals surface area contributed by atoms with E-state index in [9.17, 15) is 9.59 Å². The quantitative estimate of drug-likeness (QED) is 0.579. The van der Waals surface area contributed by atoms with Crippen molar-refractivity contribution < 1.29 is 9.59 Å². The van der Waals surface area contributed by atoms with Gasteiger partial charge in [0.05, 0.1) is 12.1 Å². The fraction of sp³-hybridized carbons (Fsp3) is 0.846. The van der Waals surface area contributed by atoms with Gasteiger partial charge in [0.25, 0.3) is 0 Å². The van der Waals surface area contributed by atoms with Crippen LogP contribution in [0.1, 0.15) is 32.6 Å². The van der Waals surface area contributed by atoms with Crippen LogP contribution in [0.25, 0.3) is 0 Å². The normalized spacial score (nSPS) is 28.6. The first-order valence-electron chi connectivity index (χ1n) is 7.25. The summed E-state index contributed by atoms with van der Waals surface area (Å²) in [5.74, 6) is 0.565. The minimum Gasteiger partial charge on any atom is -0.351 e. The van der Waals surface area contributed by atoms with Crippen molar-refractivity contribution in [2.24, 2.45) is 5.92 Å². The number of carbonyl (C=O) groups is 2. The summed E-state index contributed by atoms with van der Waals surface area (Å²) >= 11 is 0. The van der Waals surface area contributed by atoms with Gasteiger partial charge in [-0.15, -0.1) is 0 Å². The van der Waals surface area contributed by atoms with E-state index in [1.807, 2.05) is 6.92 Å². The molecule has 6 nitrogen and oxygen atoms in total. The predicted octanol–water partition coefficient (Wildman–Crippen LogP) is -0.0477. The third-order valence-electron chi connectivity index (χ3n) is 3.99. The Bertz CT molecular complexity index is 329. The van der Waals surface area contributed by atoms with E-state index in [2.05, 4.69) is 21.3 Å². The van der Waals surface area contributed by atoms with Crippen LogP contribution in [0.4, 0.5) is 4.79 Å². The molecule has 2 heterocycles. The third-order valence-corrected chi connectivity index (χ3v) is 3.99. The van der Waals surface area contributed by atoms with Crippen LogP contribution in [0.15, 0.2) is 0 Å². The molecular weight excluding hydrogens is 244 g/mol. The molecule has 0 aromatic heterocycles. The van der Waals surface area contributed by atoms with E-state index in [-0.39, 0.29) is 24.0 Å². The lowest BCUT2D eigenvalue weighted by molar-refractivity contribution is -0.124. The van der Waals surface area contributed by atoms with Crippen LogP contribution in [-0.4, -0.2) is 43.7 Å². The number of rotatable bonds is 3. The number of carbonyl (C=O) groups excluding carboxylic acids is 2. The van der Waals surface area contributed by atoms with Gasteiger partial charge in [0.2, 0.25) is 5.91 Å². The topological polar surface area (TPSA) is 82.3 Å². The van der Waals surface area contributed by atoms with Crippen LogP contribution in [0.3, 0.4) is 0 Å². The number of urea groups is 1. The second kappa shape index (κ2) is 6.75. The Balaban J connectivity index is 1.97. The Morgan fingerprint density at radius 3 is 2.74 bits per heavy atom. The minimum atomic E-state index is -0.136. The second-order valence-corrected chi connectivity index (χ2v) is 5.33. The largest absolute Gasteiger partial charge is 0.351 e. The number of amides is 3. The van der Waals surface area contributed by atoms with Crippen molar-refractivity contribution in [2.75, 3.05) is 19.6 Å². The zero-order valence-corrected chi connectivity index (χ0v) is 11.5. The maximum atomic E-state index is 11.7. The molecule has 2 atom stereocenters. The SMILES string of the molecule is CCNC(=O)N[C@@H]1CCC(=O)N[C@H]1C1CCNCC1. The van der Waals surface area contributed by atoms with Gasteiger partial charge in [-0.1, -0.05) is 0 Å². The summed E-state index contributed by atoms with van der Waals surface area (Å²) in [5.41, 5.74) is 0. The van der Waals surface area contributed by atoms with Crippen molar-refractivity contribution >= 4 is 11.9 Å². The van der Waals surface area contributed by atoms with Gasteiger partial charge in [-0.3, -0.25) is 4.79 Å². The van der Waals surface area contributed by atoms with E-state index >= 15 is 0 Å². The van der Waals surface area contributed by atoms with Gasteiger partial charge in [0.1, 0.15) is 0 Å². The molecule has 0 unspecified atom stereocenters. The number of hydrogen-bond acceptors (Lipinski definition) is 3. The maximum Gasteiger partial charge on any atom is 0.315 e. The third kappa shape index (κ3) is 3.83. The molecule has 0 aromatic carbocycles. The van der Waals surface area contributed by atoms with Crippen LogP contribution in [-0.2, 0) is 4.79 Å². The molecule has 0 saturated carbocycles. The van der Waals surface area contributed by atoms with Crippen LogP contribution in [0.5, 0.6) is 0 Å². The predicted molar refractivity (Wildman–Crippen MR) is 72.8 cm³/mol. The lowest BCUT2D eigenvalue weighted by Crippen LogP contribution is -2.60. The minimum absolute atomic E-state index is 0.0485. The molecule has 2 aliphatic rings. The average molecular weight is 268 g/mol. The van der Waals surface area contributed by atoms with Crippen LogP contribution < -0.4 is 21.3 Å². The molecule has 3 amide bonds. The zero-order chi connectivity index (χ0) is 13.7. The van der Waals surface area contributed by atoms with Gasteiger partial charge in [0, 0.05) is 13.0 Å². The average Bonchev–Trinajstić information content (AvgIpc) is 2.42. The second-order valence-electron chi connectivity index (χ2n) is 5.33. The van der Waals surface area contributed by atoms with Gasteiger partial charge in [-0.05, 0) is 45.2 Å². The van der Waals surface area contributed by atoms with Gasteiger partial charge in [-0.25, -0.2) is 4.79 Å². The summed E-state index contributed by atoms with van der Waals surface area (Å²) in [5, 5.41) is 12.2. The van der Waals surface area contributed by atoms with Gasteiger partial charge in [-0.2, -0.15) is 0 Å². The molecular formula is C13H24N4O2. The van der Waals surface area contributed by atoms with E-state index in [0.717, 1.165) is 32.4 Å². The van der Waals surface area contributed by atoms with Crippen molar-refractivity contribution in [1.29, 1.82) is 0 Å². The standard InChI is InChI=1S/C13H24N4O2/c1-2-15-13(19)16-10-3-4-11(18)17-12(10)9-5-7-14-8-6-9/h9-10,12,14H,2-8H2,1H3,(H,17,18)(H2,15,16,19)/t10-,12+/m1/s1. The van der Waals surface area contributed by atoms with Gasteiger partial charge < -0.3 is 21.3 Å². The van der Waals surface area contributed by atoms with Crippen molar-refractivity contribution in [1.82, 2.24) is 21.3 Å². The summed E-state index contributed by atoms with van der Waals surface area (Å²) < 4.78 is 0. The number of piperidine rings is 2. The van der Waals surface area contributed by atoms with Crippen molar-refractivity contribution in [2.45, 2.75) is 44.7 Å². The smallest absolute Gasteiger partial charge is 0.315 e. The maximum absolute atomic E-state index is 11.7. The van der Waals surface area contributed by atoms with Crippen LogP contribution in [0.2, 0.25) is 0 Å². The molecule has 108 valence electrons. The highest BCUT2D eigenvalue weighted by Gasteiger charge is 2.35. The van der Waals surface area contributed by atoms with Crippen LogP contribution in [0, 0.1) is 5.92 Å². The van der Waals surface area contributed by atoms with Crippen molar-refractivity contribution in [3.63, 3.8) is 0 Å². The molecule has 19 heavy (non-hydrogen) atoms. The Morgan fingerprint density at radius 1 is 1.32 bits per heavy atom. The Morgan fingerprint density at radius 2 is 2.05 bits per heavy atom. The lowest BCUT2D eigenvalue weighted by atomic mass is 9.82. The summed E-state index contributed by atoms with van der Waals surface area (Å²) in [4.78, 5) is 23.3. The fourth-order valence-corrected chi connectivity index (χ4v) is 3.02. The first kappa shape index (κ1) is 14.1. The van der Waals surface area contributed by atoms with Gasteiger partial charge in [0.15, 0.2) is 0 Å². The van der Waals surface area contributed by atoms with E-state index in [1.54, 1.807) is 0 Å². The highest BCUT2D eigenvalue weighted by molar-refractivity contribution is 5.78. The Hall–Kier alpha value is -1.30. The number of nitrogens with one attached hydrogen (secondary N) is 4. The van der Waals surface area contributed by atoms with E-state index in [1.165, 1.54) is 0 Å². The summed E-state index contributed by atoms with van der Waals surface area (Å²) in [6.45, 7) is 4.49. The molecule has 2 saturated heterocycles. The van der Waals surface area contributed by atoms with Crippen molar-refractivity contribution in [3.8, 4) is 0 Å². The molecule has 6 heteroatoms. The first-order chi connectivity index (χ1) is 9.20. The molecule has 2 aliphatic heterocycles. The Kier molecular flexibility index (Phi) is 5.01. The molecule has 2 fully saturated rings. The summed E-state index contributed by atoms with van der Waals surface area (Å²) in [6, 6.07) is -0.0131. The van der Waals surface area contributed by atoms with E-state index in [0.29, 0.717) is 18.9 Å². The summed E-state index contributed by atoms with van der Waals surface area (Å²) in [7, 11) is 0. The van der Waals surface area contributed by atoms with Crippen LogP contribution >= 0.6 is 0 Å². The molecule has 0 spiro atoms. The van der Waals surface area contributed by atoms with E-state index < -0.39 is 0 Å². The first-order valence-corrected chi connectivity index (χ1v) is 7.25. The monoisotopic (exact) mass is 268 g/mol. The van der Waals surface area contributed by atoms with E-state index in [4.69, 9.17) is 0 Å². The highest BCUT2D eigenvalue weighted by Crippen LogP contribution is 2.23. The molecule has 2 rings (SSSR count). The molecule has 0 aromatic rings. The molecule has 4 N–H and O–H groups in total. The zero-order valence-electron chi connectivity index (χ0n) is 11.5. The van der Waals surface area contributed by atoms with Crippen molar-refractivity contribution in [3.05, 3.63) is 0 Å². The number of hydrogen-bond donors (Lipinski definition) is 4. The molecule has 0 aliphatic carbocycles. The lowest BCUT2D eigenvalue weighted by Gasteiger charge is -2.39. The fourth-order valence-electron chi connectivity index (χ4n) is 3.02. The Labute approximate surface area is 114 Å². The summed E-state index contributed by atoms with van der Waals surface area (Å²) in [6.07, 6.45) is 3.34. The molecule has 0 bridgehead atoms. The van der Waals surface area contributed by atoms with Gasteiger partial charge >= 0.3 is 6.03 Å².